The molecule has 5 fully saturated rings. The largest absolute Gasteiger partial charge is 0.298 e. The summed E-state index contributed by atoms with van der Waals surface area (Å²) in [5.41, 5.74) is 0.282. The number of carbonyl (C=O) groups excluding carboxylic acids is 1. The highest BCUT2D eigenvalue weighted by atomic mass is 16.1. The Kier molecular flexibility index (Phi) is 7.12. The van der Waals surface area contributed by atoms with Gasteiger partial charge in [0.1, 0.15) is 5.78 Å². The van der Waals surface area contributed by atoms with E-state index in [4.69, 9.17) is 0 Å². The quantitative estimate of drug-likeness (QED) is 0.416. The van der Waals surface area contributed by atoms with Crippen LogP contribution in [0.25, 0.3) is 0 Å². The highest BCUT2D eigenvalue weighted by molar-refractivity contribution is 5.96. The molecule has 0 radical (unpaired) electrons. The second-order valence-electron chi connectivity index (χ2n) is 13.5. The highest BCUT2D eigenvalue weighted by Crippen LogP contribution is 2.65. The van der Waals surface area contributed by atoms with Crippen molar-refractivity contribution in [3.8, 4) is 0 Å². The first kappa shape index (κ1) is 23.4. The van der Waals surface area contributed by atoms with E-state index in [0.717, 1.165) is 41.3 Å². The normalized spacial score (nSPS) is 47.5. The van der Waals surface area contributed by atoms with Crippen LogP contribution in [0, 0.1) is 46.3 Å². The number of ketones is 1. The Hall–Kier alpha value is -0.330. The minimum atomic E-state index is 0.141. The van der Waals surface area contributed by atoms with Crippen LogP contribution < -0.4 is 0 Å². The Labute approximate surface area is 199 Å². The van der Waals surface area contributed by atoms with Crippen LogP contribution in [0.5, 0.6) is 0 Å². The molecule has 0 atom stereocenters. The van der Waals surface area contributed by atoms with E-state index in [1.165, 1.54) is 128 Å². The van der Waals surface area contributed by atoms with Crippen molar-refractivity contribution in [1.29, 1.82) is 0 Å². The second kappa shape index (κ2) is 9.73. The number of carbonyl (C=O) groups is 1. The summed E-state index contributed by atoms with van der Waals surface area (Å²) in [7, 11) is 0. The predicted octanol–water partition coefficient (Wildman–Crippen LogP) is 9.14. The summed E-state index contributed by atoms with van der Waals surface area (Å²) in [6.07, 6.45) is 27.8. The second-order valence-corrected chi connectivity index (χ2v) is 13.5. The smallest absolute Gasteiger partial charge is 0.145 e. The maximum absolute atomic E-state index is 13.7. The maximum Gasteiger partial charge on any atom is 0.145 e. The first-order valence-corrected chi connectivity index (χ1v) is 15.1. The zero-order valence-corrected chi connectivity index (χ0v) is 21.5. The van der Waals surface area contributed by atoms with E-state index in [1.54, 1.807) is 0 Å². The van der Waals surface area contributed by atoms with Gasteiger partial charge in [0.2, 0.25) is 0 Å². The van der Waals surface area contributed by atoms with Crippen molar-refractivity contribution in [1.82, 2.24) is 0 Å². The fourth-order valence-corrected chi connectivity index (χ4v) is 9.82. The van der Waals surface area contributed by atoms with Gasteiger partial charge in [-0.25, -0.2) is 0 Å². The van der Waals surface area contributed by atoms with Gasteiger partial charge in [0.05, 0.1) is 0 Å². The predicted molar refractivity (Wildman–Crippen MR) is 135 cm³/mol. The van der Waals surface area contributed by atoms with Crippen molar-refractivity contribution >= 4 is 5.78 Å². The van der Waals surface area contributed by atoms with Gasteiger partial charge in [-0.3, -0.25) is 4.79 Å². The summed E-state index contributed by atoms with van der Waals surface area (Å²) < 4.78 is 0. The van der Waals surface area contributed by atoms with E-state index in [2.05, 4.69) is 13.8 Å². The maximum atomic E-state index is 13.7. The van der Waals surface area contributed by atoms with Crippen molar-refractivity contribution in [2.24, 2.45) is 46.3 Å². The van der Waals surface area contributed by atoms with Crippen LogP contribution in [-0.4, -0.2) is 5.78 Å². The zero-order valence-electron chi connectivity index (χ0n) is 21.5. The third-order valence-corrected chi connectivity index (χ3v) is 12.0. The molecule has 0 aromatic carbocycles. The average molecular weight is 441 g/mol. The lowest BCUT2D eigenvalue weighted by Crippen LogP contribution is -2.60. The molecule has 5 aliphatic carbocycles. The molecule has 2 spiro atoms. The molecule has 0 aliphatic heterocycles. The molecule has 0 bridgehead atoms. The molecule has 1 heteroatoms. The topological polar surface area (TPSA) is 17.1 Å². The van der Waals surface area contributed by atoms with E-state index >= 15 is 0 Å². The third-order valence-electron chi connectivity index (χ3n) is 12.0. The summed E-state index contributed by atoms with van der Waals surface area (Å²) in [5, 5.41) is 0. The van der Waals surface area contributed by atoms with Gasteiger partial charge in [0.25, 0.3) is 0 Å². The van der Waals surface area contributed by atoms with Crippen LogP contribution in [0.1, 0.15) is 142 Å². The molecule has 0 aromatic heterocycles. The molecule has 5 saturated carbocycles. The molecule has 0 saturated heterocycles. The zero-order chi connectivity index (χ0) is 22.2. The van der Waals surface area contributed by atoms with Crippen molar-refractivity contribution in [3.63, 3.8) is 0 Å². The Bertz CT molecular complexity index is 617. The van der Waals surface area contributed by atoms with E-state index in [-0.39, 0.29) is 10.8 Å². The molecule has 0 amide bonds. The molecule has 0 heterocycles. The number of hydrogen-bond acceptors (Lipinski definition) is 1. The number of rotatable bonds is 5. The van der Waals surface area contributed by atoms with Crippen molar-refractivity contribution in [3.05, 3.63) is 0 Å². The van der Waals surface area contributed by atoms with Crippen LogP contribution >= 0.6 is 0 Å². The van der Waals surface area contributed by atoms with Crippen LogP contribution in [0.15, 0.2) is 0 Å². The summed E-state index contributed by atoms with van der Waals surface area (Å²) in [6, 6.07) is 0. The standard InChI is InChI=1S/C31H52O/c1-3-5-24-8-12-26(13-9-24)28-16-20-31(21-17-28)22-30(29(31)32)18-14-27(15-19-30)25-10-6-23(4-2)7-11-25/h23-28H,3-22H2,1-2H3. The molecule has 1 nitrogen and oxygen atoms in total. The van der Waals surface area contributed by atoms with Gasteiger partial charge >= 0.3 is 0 Å². The van der Waals surface area contributed by atoms with Gasteiger partial charge in [-0.05, 0) is 119 Å². The SMILES string of the molecule is CCCC1CCC(C2CCC3(CC2)CC2(CCC(C4CCC(CC)CC4)CC2)C3=O)CC1. The van der Waals surface area contributed by atoms with Crippen LogP contribution in [0.3, 0.4) is 0 Å². The van der Waals surface area contributed by atoms with Crippen LogP contribution in [0.2, 0.25) is 0 Å². The van der Waals surface area contributed by atoms with E-state index in [9.17, 15) is 4.79 Å². The van der Waals surface area contributed by atoms with Crippen molar-refractivity contribution < 1.29 is 4.79 Å². The molecular weight excluding hydrogens is 388 g/mol. The summed E-state index contributed by atoms with van der Waals surface area (Å²) in [4.78, 5) is 13.7. The number of Topliss-reactive ketones (excluding diaryl/α,β-unsaturated/α-hetero) is 1. The molecule has 0 N–H and O–H groups in total. The Morgan fingerprint density at radius 3 is 1.38 bits per heavy atom. The first-order valence-electron chi connectivity index (χ1n) is 15.1. The lowest BCUT2D eigenvalue weighted by Gasteiger charge is -2.60. The molecule has 5 aliphatic rings. The summed E-state index contributed by atoms with van der Waals surface area (Å²) in [5.74, 6) is 6.66. The van der Waals surface area contributed by atoms with Crippen molar-refractivity contribution in [2.75, 3.05) is 0 Å². The molecule has 182 valence electrons. The minimum absolute atomic E-state index is 0.141. The lowest BCUT2D eigenvalue weighted by molar-refractivity contribution is -0.170. The molecule has 0 unspecified atom stereocenters. The summed E-state index contributed by atoms with van der Waals surface area (Å²) >= 11 is 0. The lowest BCUT2D eigenvalue weighted by atomic mass is 9.42. The van der Waals surface area contributed by atoms with E-state index < -0.39 is 0 Å². The Morgan fingerprint density at radius 2 is 1.00 bits per heavy atom. The number of hydrogen-bond donors (Lipinski definition) is 0. The molecule has 0 aromatic rings. The monoisotopic (exact) mass is 440 g/mol. The van der Waals surface area contributed by atoms with Crippen LogP contribution in [0.4, 0.5) is 0 Å². The van der Waals surface area contributed by atoms with Gasteiger partial charge in [0.15, 0.2) is 0 Å². The van der Waals surface area contributed by atoms with Gasteiger partial charge in [-0.15, -0.1) is 0 Å². The minimum Gasteiger partial charge on any atom is -0.298 e. The van der Waals surface area contributed by atoms with Gasteiger partial charge in [-0.2, -0.15) is 0 Å². The van der Waals surface area contributed by atoms with E-state index in [0.29, 0.717) is 0 Å². The van der Waals surface area contributed by atoms with Gasteiger partial charge in [0, 0.05) is 10.8 Å². The fraction of sp³-hybridized carbons (Fsp3) is 0.968. The van der Waals surface area contributed by atoms with Crippen molar-refractivity contribution in [2.45, 2.75) is 142 Å². The van der Waals surface area contributed by atoms with Crippen LogP contribution in [-0.2, 0) is 4.79 Å². The van der Waals surface area contributed by atoms with E-state index in [1.807, 2.05) is 0 Å². The average Bonchev–Trinajstić information content (AvgIpc) is 2.85. The Morgan fingerprint density at radius 1 is 0.594 bits per heavy atom. The third kappa shape index (κ3) is 4.37. The van der Waals surface area contributed by atoms with Gasteiger partial charge in [-0.1, -0.05) is 58.8 Å². The first-order chi connectivity index (χ1) is 15.6. The molecular formula is C31H52O. The Balaban J connectivity index is 1.07. The highest BCUT2D eigenvalue weighted by Gasteiger charge is 2.63. The molecule has 5 rings (SSSR count). The summed E-state index contributed by atoms with van der Waals surface area (Å²) in [6.45, 7) is 4.72. The fourth-order valence-electron chi connectivity index (χ4n) is 9.82. The molecule has 32 heavy (non-hydrogen) atoms. The van der Waals surface area contributed by atoms with Gasteiger partial charge < -0.3 is 0 Å².